The van der Waals surface area contributed by atoms with E-state index in [1.54, 1.807) is 0 Å². The van der Waals surface area contributed by atoms with Crippen LogP contribution in [0.3, 0.4) is 0 Å². The van der Waals surface area contributed by atoms with Gasteiger partial charge in [0.1, 0.15) is 0 Å². The van der Waals surface area contributed by atoms with Gasteiger partial charge in [0.2, 0.25) is 5.91 Å². The molecule has 1 saturated heterocycles. The molecule has 1 atom stereocenters. The molecule has 0 radical (unpaired) electrons. The van der Waals surface area contributed by atoms with Crippen LogP contribution < -0.4 is 16.0 Å². The summed E-state index contributed by atoms with van der Waals surface area (Å²) in [4.78, 5) is 16.6. The molecule has 0 saturated carbocycles. The fraction of sp³-hybridized carbons (Fsp3) is 0.562. The van der Waals surface area contributed by atoms with E-state index in [0.717, 1.165) is 37.6 Å². The number of anilines is 2. The maximum absolute atomic E-state index is 12.1. The van der Waals surface area contributed by atoms with Gasteiger partial charge in [0, 0.05) is 43.6 Å². The molecule has 1 aromatic carbocycles. The minimum atomic E-state index is -0.0737. The van der Waals surface area contributed by atoms with Gasteiger partial charge in [0.05, 0.1) is 6.04 Å². The summed E-state index contributed by atoms with van der Waals surface area (Å²) in [5, 5.41) is 2.98. The molecule has 1 heterocycles. The van der Waals surface area contributed by atoms with Crippen LogP contribution in [0.4, 0.5) is 11.4 Å². The molecule has 116 valence electrons. The van der Waals surface area contributed by atoms with Crippen LogP contribution >= 0.6 is 0 Å². The largest absolute Gasteiger partial charge is 0.399 e. The standard InChI is InChI=1S/C16H26N4O/c1-12(2)18-16(21)13(3)19-7-9-20(10-8-19)15-6-4-5-14(17)11-15/h4-6,11-13H,7-10,17H2,1-3H3,(H,18,21). The highest BCUT2D eigenvalue weighted by molar-refractivity contribution is 5.81. The normalized spacial score (nSPS) is 17.8. The van der Waals surface area contributed by atoms with E-state index in [1.807, 2.05) is 39.0 Å². The Kier molecular flexibility index (Phi) is 5.07. The molecular formula is C16H26N4O. The maximum Gasteiger partial charge on any atom is 0.237 e. The van der Waals surface area contributed by atoms with Crippen LogP contribution in [0.2, 0.25) is 0 Å². The molecule has 0 aromatic heterocycles. The smallest absolute Gasteiger partial charge is 0.237 e. The number of rotatable bonds is 4. The first-order chi connectivity index (χ1) is 9.97. The van der Waals surface area contributed by atoms with Gasteiger partial charge in [-0.15, -0.1) is 0 Å². The SMILES string of the molecule is CC(C)NC(=O)C(C)N1CCN(c2cccc(N)c2)CC1. The molecule has 3 N–H and O–H groups in total. The summed E-state index contributed by atoms with van der Waals surface area (Å²) < 4.78 is 0. The highest BCUT2D eigenvalue weighted by Gasteiger charge is 2.25. The summed E-state index contributed by atoms with van der Waals surface area (Å²) >= 11 is 0. The summed E-state index contributed by atoms with van der Waals surface area (Å²) in [6.07, 6.45) is 0. The van der Waals surface area contributed by atoms with Crippen molar-refractivity contribution in [3.63, 3.8) is 0 Å². The van der Waals surface area contributed by atoms with Gasteiger partial charge < -0.3 is 16.0 Å². The van der Waals surface area contributed by atoms with Gasteiger partial charge in [0.15, 0.2) is 0 Å². The van der Waals surface area contributed by atoms with Gasteiger partial charge >= 0.3 is 0 Å². The number of carbonyl (C=O) groups is 1. The Bertz CT molecular complexity index is 481. The molecule has 21 heavy (non-hydrogen) atoms. The van der Waals surface area contributed by atoms with Crippen LogP contribution in [-0.2, 0) is 4.79 Å². The Morgan fingerprint density at radius 3 is 2.43 bits per heavy atom. The highest BCUT2D eigenvalue weighted by Crippen LogP contribution is 2.19. The minimum absolute atomic E-state index is 0.0737. The van der Waals surface area contributed by atoms with Crippen molar-refractivity contribution in [1.82, 2.24) is 10.2 Å². The van der Waals surface area contributed by atoms with Gasteiger partial charge in [-0.05, 0) is 39.0 Å². The van der Waals surface area contributed by atoms with Crippen molar-refractivity contribution in [3.05, 3.63) is 24.3 Å². The molecule has 0 aliphatic carbocycles. The van der Waals surface area contributed by atoms with Crippen molar-refractivity contribution >= 4 is 17.3 Å². The molecular weight excluding hydrogens is 264 g/mol. The van der Waals surface area contributed by atoms with Crippen LogP contribution in [0.1, 0.15) is 20.8 Å². The second-order valence-electron chi connectivity index (χ2n) is 5.96. The number of hydrogen-bond donors (Lipinski definition) is 2. The van der Waals surface area contributed by atoms with E-state index in [-0.39, 0.29) is 18.0 Å². The molecule has 1 fully saturated rings. The molecule has 1 aliphatic heterocycles. The van der Waals surface area contributed by atoms with E-state index in [1.165, 1.54) is 0 Å². The van der Waals surface area contributed by atoms with Crippen LogP contribution in [0.15, 0.2) is 24.3 Å². The maximum atomic E-state index is 12.1. The predicted molar refractivity (Wildman–Crippen MR) is 87.4 cm³/mol. The summed E-state index contributed by atoms with van der Waals surface area (Å²) in [6, 6.07) is 8.09. The monoisotopic (exact) mass is 290 g/mol. The fourth-order valence-corrected chi connectivity index (χ4v) is 2.66. The van der Waals surface area contributed by atoms with E-state index in [9.17, 15) is 4.79 Å². The van der Waals surface area contributed by atoms with Crippen molar-refractivity contribution in [1.29, 1.82) is 0 Å². The molecule has 0 bridgehead atoms. The Morgan fingerprint density at radius 2 is 1.86 bits per heavy atom. The van der Waals surface area contributed by atoms with Crippen LogP contribution in [0.25, 0.3) is 0 Å². The summed E-state index contributed by atoms with van der Waals surface area (Å²) in [6.45, 7) is 9.58. The fourth-order valence-electron chi connectivity index (χ4n) is 2.66. The molecule has 1 aromatic rings. The number of hydrogen-bond acceptors (Lipinski definition) is 4. The molecule has 0 spiro atoms. The Hall–Kier alpha value is -1.75. The van der Waals surface area contributed by atoms with Gasteiger partial charge in [-0.25, -0.2) is 0 Å². The lowest BCUT2D eigenvalue weighted by atomic mass is 10.2. The summed E-state index contributed by atoms with van der Waals surface area (Å²) in [5.41, 5.74) is 7.79. The molecule has 5 nitrogen and oxygen atoms in total. The average Bonchev–Trinajstić information content (AvgIpc) is 2.46. The average molecular weight is 290 g/mol. The van der Waals surface area contributed by atoms with Crippen molar-refractivity contribution in [3.8, 4) is 0 Å². The number of amides is 1. The second kappa shape index (κ2) is 6.80. The number of piperazine rings is 1. The second-order valence-corrected chi connectivity index (χ2v) is 5.96. The number of nitrogens with two attached hydrogens (primary N) is 1. The van der Waals surface area contributed by atoms with Gasteiger partial charge in [-0.1, -0.05) is 6.07 Å². The van der Waals surface area contributed by atoms with Gasteiger partial charge in [-0.2, -0.15) is 0 Å². The third-order valence-corrected chi connectivity index (χ3v) is 3.91. The zero-order valence-corrected chi connectivity index (χ0v) is 13.2. The van der Waals surface area contributed by atoms with Crippen molar-refractivity contribution < 1.29 is 4.79 Å². The first kappa shape index (κ1) is 15.6. The van der Waals surface area contributed by atoms with Crippen molar-refractivity contribution in [2.24, 2.45) is 0 Å². The topological polar surface area (TPSA) is 61.6 Å². The van der Waals surface area contributed by atoms with Crippen molar-refractivity contribution in [2.75, 3.05) is 36.8 Å². The van der Waals surface area contributed by atoms with E-state index in [2.05, 4.69) is 21.2 Å². The molecule has 1 unspecified atom stereocenters. The summed E-state index contributed by atoms with van der Waals surface area (Å²) in [5.74, 6) is 0.113. The summed E-state index contributed by atoms with van der Waals surface area (Å²) in [7, 11) is 0. The number of nitrogen functional groups attached to an aromatic ring is 1. The number of benzene rings is 1. The lowest BCUT2D eigenvalue weighted by Crippen LogP contribution is -2.54. The Morgan fingerprint density at radius 1 is 1.19 bits per heavy atom. The van der Waals surface area contributed by atoms with Crippen LogP contribution in [0, 0.1) is 0 Å². The minimum Gasteiger partial charge on any atom is -0.399 e. The number of nitrogens with zero attached hydrogens (tertiary/aromatic N) is 2. The lowest BCUT2D eigenvalue weighted by molar-refractivity contribution is -0.126. The lowest BCUT2D eigenvalue weighted by Gasteiger charge is -2.38. The quantitative estimate of drug-likeness (QED) is 0.821. The van der Waals surface area contributed by atoms with Crippen LogP contribution in [0.5, 0.6) is 0 Å². The molecule has 2 rings (SSSR count). The van der Waals surface area contributed by atoms with Crippen molar-refractivity contribution in [2.45, 2.75) is 32.9 Å². The molecule has 5 heteroatoms. The predicted octanol–water partition coefficient (Wildman–Crippen LogP) is 1.30. The first-order valence-corrected chi connectivity index (χ1v) is 7.62. The van der Waals surface area contributed by atoms with Crippen LogP contribution in [-0.4, -0.2) is 49.1 Å². The molecule has 1 aliphatic rings. The van der Waals surface area contributed by atoms with E-state index in [0.29, 0.717) is 0 Å². The zero-order valence-electron chi connectivity index (χ0n) is 13.2. The highest BCUT2D eigenvalue weighted by atomic mass is 16.2. The number of carbonyl (C=O) groups excluding carboxylic acids is 1. The van der Waals surface area contributed by atoms with E-state index < -0.39 is 0 Å². The Labute approximate surface area is 127 Å². The molecule has 1 amide bonds. The first-order valence-electron chi connectivity index (χ1n) is 7.62. The third kappa shape index (κ3) is 4.11. The number of nitrogens with one attached hydrogen (secondary N) is 1. The van der Waals surface area contributed by atoms with Gasteiger partial charge in [-0.3, -0.25) is 9.69 Å². The van der Waals surface area contributed by atoms with E-state index in [4.69, 9.17) is 5.73 Å². The van der Waals surface area contributed by atoms with Gasteiger partial charge in [0.25, 0.3) is 0 Å². The Balaban J connectivity index is 1.89. The van der Waals surface area contributed by atoms with E-state index >= 15 is 0 Å². The zero-order chi connectivity index (χ0) is 15.4. The third-order valence-electron chi connectivity index (χ3n) is 3.91.